The summed E-state index contributed by atoms with van der Waals surface area (Å²) in [7, 11) is 1.78. The Morgan fingerprint density at radius 2 is 2.05 bits per heavy atom. The van der Waals surface area contributed by atoms with Gasteiger partial charge in [-0.05, 0) is 40.2 Å². The second kappa shape index (κ2) is 5.29. The van der Waals surface area contributed by atoms with Crippen LogP contribution in [0.3, 0.4) is 0 Å². The van der Waals surface area contributed by atoms with Crippen molar-refractivity contribution in [3.8, 4) is 0 Å². The zero-order valence-electron chi connectivity index (χ0n) is 11.1. The standard InChI is InChI=1S/C15H11BrFN3O/c1-20-13-5-3-2-4-10(13)14(19-20)15(21)18-9-6-7-11(16)12(17)8-9/h2-8H,1H3,(H,18,21). The summed E-state index contributed by atoms with van der Waals surface area (Å²) in [5.74, 6) is -0.799. The van der Waals surface area contributed by atoms with E-state index in [0.29, 0.717) is 15.9 Å². The molecule has 0 aliphatic rings. The van der Waals surface area contributed by atoms with Crippen LogP contribution in [0, 0.1) is 5.82 Å². The minimum absolute atomic E-state index is 0.316. The largest absolute Gasteiger partial charge is 0.320 e. The smallest absolute Gasteiger partial charge is 0.276 e. The molecule has 0 saturated carbocycles. The van der Waals surface area contributed by atoms with Crippen LogP contribution >= 0.6 is 15.9 Å². The lowest BCUT2D eigenvalue weighted by Gasteiger charge is -2.04. The topological polar surface area (TPSA) is 46.9 Å². The van der Waals surface area contributed by atoms with E-state index in [1.165, 1.54) is 6.07 Å². The van der Waals surface area contributed by atoms with Crippen molar-refractivity contribution >= 4 is 38.4 Å². The highest BCUT2D eigenvalue weighted by atomic mass is 79.9. The summed E-state index contributed by atoms with van der Waals surface area (Å²) in [6, 6.07) is 11.9. The fraction of sp³-hybridized carbons (Fsp3) is 0.0667. The molecular formula is C15H11BrFN3O. The molecule has 0 aliphatic carbocycles. The van der Waals surface area contributed by atoms with Gasteiger partial charge in [-0.3, -0.25) is 9.48 Å². The van der Waals surface area contributed by atoms with Crippen LogP contribution in [0.2, 0.25) is 0 Å². The van der Waals surface area contributed by atoms with Gasteiger partial charge in [-0.25, -0.2) is 4.39 Å². The van der Waals surface area contributed by atoms with Crippen LogP contribution in [-0.4, -0.2) is 15.7 Å². The molecular weight excluding hydrogens is 337 g/mol. The van der Waals surface area contributed by atoms with Crippen LogP contribution in [0.5, 0.6) is 0 Å². The van der Waals surface area contributed by atoms with Crippen molar-refractivity contribution in [2.75, 3.05) is 5.32 Å². The summed E-state index contributed by atoms with van der Waals surface area (Å²) in [4.78, 5) is 12.3. The highest BCUT2D eigenvalue weighted by molar-refractivity contribution is 9.10. The molecule has 3 aromatic rings. The number of benzene rings is 2. The van der Waals surface area contributed by atoms with E-state index in [0.717, 1.165) is 10.9 Å². The number of anilines is 1. The molecule has 21 heavy (non-hydrogen) atoms. The molecule has 2 aromatic carbocycles. The normalized spacial score (nSPS) is 10.8. The first kappa shape index (κ1) is 13.8. The van der Waals surface area contributed by atoms with Crippen molar-refractivity contribution in [2.24, 2.45) is 7.05 Å². The fourth-order valence-electron chi connectivity index (χ4n) is 2.15. The highest BCUT2D eigenvalue weighted by Gasteiger charge is 2.16. The molecule has 6 heteroatoms. The van der Waals surface area contributed by atoms with E-state index in [9.17, 15) is 9.18 Å². The molecule has 0 unspecified atom stereocenters. The molecule has 0 saturated heterocycles. The van der Waals surface area contributed by atoms with Crippen LogP contribution < -0.4 is 5.32 Å². The molecule has 0 bridgehead atoms. The van der Waals surface area contributed by atoms with Crippen molar-refractivity contribution in [3.63, 3.8) is 0 Å². The van der Waals surface area contributed by atoms with E-state index in [-0.39, 0.29) is 5.91 Å². The van der Waals surface area contributed by atoms with Crippen molar-refractivity contribution in [2.45, 2.75) is 0 Å². The number of amides is 1. The Kier molecular flexibility index (Phi) is 3.47. The number of hydrogen-bond acceptors (Lipinski definition) is 2. The molecule has 4 nitrogen and oxygen atoms in total. The van der Waals surface area contributed by atoms with E-state index in [2.05, 4.69) is 26.3 Å². The summed E-state index contributed by atoms with van der Waals surface area (Å²) in [5, 5.41) is 7.64. The summed E-state index contributed by atoms with van der Waals surface area (Å²) in [5.41, 5.74) is 1.57. The maximum atomic E-state index is 13.5. The molecule has 0 fully saturated rings. The third-order valence-corrected chi connectivity index (χ3v) is 3.79. The Morgan fingerprint density at radius 1 is 1.29 bits per heavy atom. The number of carbonyl (C=O) groups is 1. The molecule has 1 N–H and O–H groups in total. The van der Waals surface area contributed by atoms with Crippen LogP contribution in [0.4, 0.5) is 10.1 Å². The lowest BCUT2D eigenvalue weighted by Crippen LogP contribution is -2.13. The maximum absolute atomic E-state index is 13.5. The minimum atomic E-state index is -0.432. The van der Waals surface area contributed by atoms with Gasteiger partial charge in [0.1, 0.15) is 5.82 Å². The van der Waals surface area contributed by atoms with Crippen molar-refractivity contribution in [1.82, 2.24) is 9.78 Å². The first-order valence-electron chi connectivity index (χ1n) is 6.24. The molecule has 1 amide bonds. The van der Waals surface area contributed by atoms with Crippen LogP contribution in [0.25, 0.3) is 10.9 Å². The first-order chi connectivity index (χ1) is 10.1. The lowest BCUT2D eigenvalue weighted by atomic mass is 10.2. The second-order valence-corrected chi connectivity index (χ2v) is 5.43. The van der Waals surface area contributed by atoms with Gasteiger partial charge in [0.25, 0.3) is 5.91 Å². The number of fused-ring (bicyclic) bond motifs is 1. The van der Waals surface area contributed by atoms with Gasteiger partial charge in [-0.2, -0.15) is 5.10 Å². The summed E-state index contributed by atoms with van der Waals surface area (Å²) < 4.78 is 15.5. The minimum Gasteiger partial charge on any atom is -0.320 e. The van der Waals surface area contributed by atoms with Gasteiger partial charge in [-0.1, -0.05) is 18.2 Å². The van der Waals surface area contributed by atoms with Crippen molar-refractivity contribution in [3.05, 3.63) is 58.4 Å². The van der Waals surface area contributed by atoms with E-state index in [4.69, 9.17) is 0 Å². The number of carbonyl (C=O) groups excluding carboxylic acids is 1. The van der Waals surface area contributed by atoms with Gasteiger partial charge in [0, 0.05) is 18.1 Å². The van der Waals surface area contributed by atoms with Gasteiger partial charge in [0.2, 0.25) is 0 Å². The lowest BCUT2D eigenvalue weighted by molar-refractivity contribution is 0.102. The number of aryl methyl sites for hydroxylation is 1. The van der Waals surface area contributed by atoms with Crippen LogP contribution in [-0.2, 0) is 7.05 Å². The Hall–Kier alpha value is -2.21. The average Bonchev–Trinajstić information content (AvgIpc) is 2.81. The van der Waals surface area contributed by atoms with Crippen LogP contribution in [0.15, 0.2) is 46.9 Å². The Labute approximate surface area is 128 Å². The molecule has 3 rings (SSSR count). The third-order valence-electron chi connectivity index (χ3n) is 3.15. The third kappa shape index (κ3) is 2.54. The van der Waals surface area contributed by atoms with E-state index >= 15 is 0 Å². The highest BCUT2D eigenvalue weighted by Crippen LogP contribution is 2.21. The predicted molar refractivity (Wildman–Crippen MR) is 82.8 cm³/mol. The molecule has 0 atom stereocenters. The van der Waals surface area contributed by atoms with E-state index < -0.39 is 5.82 Å². The second-order valence-electron chi connectivity index (χ2n) is 4.57. The van der Waals surface area contributed by atoms with Gasteiger partial charge in [-0.15, -0.1) is 0 Å². The van der Waals surface area contributed by atoms with E-state index in [1.807, 2.05) is 24.3 Å². The fourth-order valence-corrected chi connectivity index (χ4v) is 2.39. The molecule has 0 radical (unpaired) electrons. The van der Waals surface area contributed by atoms with Crippen molar-refractivity contribution in [1.29, 1.82) is 0 Å². The maximum Gasteiger partial charge on any atom is 0.276 e. The summed E-state index contributed by atoms with van der Waals surface area (Å²) in [6.45, 7) is 0. The zero-order chi connectivity index (χ0) is 15.0. The first-order valence-corrected chi connectivity index (χ1v) is 7.03. The molecule has 106 valence electrons. The van der Waals surface area contributed by atoms with Gasteiger partial charge in [0.05, 0.1) is 9.99 Å². The van der Waals surface area contributed by atoms with Gasteiger partial charge < -0.3 is 5.32 Å². The zero-order valence-corrected chi connectivity index (χ0v) is 12.7. The Balaban J connectivity index is 1.95. The number of halogens is 2. The number of para-hydroxylation sites is 1. The number of rotatable bonds is 2. The predicted octanol–water partition coefficient (Wildman–Crippen LogP) is 3.73. The van der Waals surface area contributed by atoms with Crippen molar-refractivity contribution < 1.29 is 9.18 Å². The average molecular weight is 348 g/mol. The molecule has 0 aliphatic heterocycles. The van der Waals surface area contributed by atoms with Gasteiger partial charge >= 0.3 is 0 Å². The quantitative estimate of drug-likeness (QED) is 0.767. The number of nitrogens with zero attached hydrogens (tertiary/aromatic N) is 2. The monoisotopic (exact) mass is 347 g/mol. The number of hydrogen-bond donors (Lipinski definition) is 1. The summed E-state index contributed by atoms with van der Waals surface area (Å²) in [6.07, 6.45) is 0. The summed E-state index contributed by atoms with van der Waals surface area (Å²) >= 11 is 3.07. The molecule has 1 aromatic heterocycles. The number of aromatic nitrogens is 2. The van der Waals surface area contributed by atoms with Gasteiger partial charge in [0.15, 0.2) is 5.69 Å². The van der Waals surface area contributed by atoms with Crippen LogP contribution in [0.1, 0.15) is 10.5 Å². The SMILES string of the molecule is Cn1nc(C(=O)Nc2ccc(Br)c(F)c2)c2ccccc21. The van der Waals surface area contributed by atoms with E-state index in [1.54, 1.807) is 23.9 Å². The molecule has 0 spiro atoms. The number of nitrogens with one attached hydrogen (secondary N) is 1. The molecule has 1 heterocycles. The Morgan fingerprint density at radius 3 is 2.81 bits per heavy atom. The Bertz CT molecular complexity index is 844.